The molecule has 2 aliphatic rings. The number of nitrogens with zero attached hydrogens (tertiary/aromatic N) is 1. The molecule has 0 bridgehead atoms. The number of piperidine rings is 1. The van der Waals surface area contributed by atoms with E-state index in [2.05, 4.69) is 6.92 Å². The summed E-state index contributed by atoms with van der Waals surface area (Å²) in [5.74, 6) is 1.20. The van der Waals surface area contributed by atoms with Gasteiger partial charge >= 0.3 is 0 Å². The number of benzene rings is 1. The van der Waals surface area contributed by atoms with Crippen LogP contribution < -0.4 is 5.73 Å². The molecule has 1 amide bonds. The molecule has 1 heterocycles. The van der Waals surface area contributed by atoms with Crippen molar-refractivity contribution in [1.82, 2.24) is 4.90 Å². The Hall–Kier alpha value is -0.480. The van der Waals surface area contributed by atoms with Gasteiger partial charge in [0.25, 0.3) is 0 Å². The molecule has 1 saturated carbocycles. The average Bonchev–Trinajstić information content (AvgIpc) is 3.26. The van der Waals surface area contributed by atoms with Gasteiger partial charge in [-0.25, -0.2) is 0 Å². The van der Waals surface area contributed by atoms with E-state index in [0.29, 0.717) is 16.0 Å². The standard InChI is InChI=1S/C17H22Cl2N2O.ClH/c1-10(20)11-2-4-21(5-3-11)17(22)16-9-15(16)12-6-13(18)8-14(19)7-12;/h6-8,10-11,15-16H,2-5,9,20H2,1H3;1H. The van der Waals surface area contributed by atoms with Crippen LogP contribution in [0.3, 0.4) is 0 Å². The van der Waals surface area contributed by atoms with Gasteiger partial charge in [0.15, 0.2) is 0 Å². The van der Waals surface area contributed by atoms with Crippen molar-refractivity contribution in [3.8, 4) is 0 Å². The fraction of sp³-hybridized carbons (Fsp3) is 0.588. The molecule has 3 unspecified atom stereocenters. The van der Waals surface area contributed by atoms with Gasteiger partial charge in [0.05, 0.1) is 0 Å². The van der Waals surface area contributed by atoms with Crippen LogP contribution in [0.4, 0.5) is 0 Å². The normalized spacial score (nSPS) is 25.7. The van der Waals surface area contributed by atoms with Crippen LogP contribution in [0.5, 0.6) is 0 Å². The topological polar surface area (TPSA) is 46.3 Å². The van der Waals surface area contributed by atoms with Crippen LogP contribution >= 0.6 is 35.6 Å². The first-order chi connectivity index (χ1) is 10.5. The van der Waals surface area contributed by atoms with Gasteiger partial charge in [0, 0.05) is 35.1 Å². The fourth-order valence-electron chi connectivity index (χ4n) is 3.51. The number of nitrogens with two attached hydrogens (primary N) is 1. The highest BCUT2D eigenvalue weighted by molar-refractivity contribution is 6.34. The molecule has 1 aliphatic heterocycles. The van der Waals surface area contributed by atoms with Crippen molar-refractivity contribution < 1.29 is 4.79 Å². The third-order valence-electron chi connectivity index (χ3n) is 5.02. The van der Waals surface area contributed by atoms with Crippen molar-refractivity contribution in [2.75, 3.05) is 13.1 Å². The van der Waals surface area contributed by atoms with Crippen LogP contribution in [0, 0.1) is 11.8 Å². The summed E-state index contributed by atoms with van der Waals surface area (Å²) in [4.78, 5) is 14.6. The number of hydrogen-bond acceptors (Lipinski definition) is 2. The predicted molar refractivity (Wildman–Crippen MR) is 97.5 cm³/mol. The number of halogens is 3. The van der Waals surface area contributed by atoms with Crippen molar-refractivity contribution in [3.05, 3.63) is 33.8 Å². The van der Waals surface area contributed by atoms with E-state index in [9.17, 15) is 4.79 Å². The molecule has 1 aliphatic carbocycles. The van der Waals surface area contributed by atoms with Gasteiger partial charge in [-0.05, 0) is 61.8 Å². The molecule has 2 fully saturated rings. The van der Waals surface area contributed by atoms with Gasteiger partial charge in [-0.3, -0.25) is 4.79 Å². The van der Waals surface area contributed by atoms with Gasteiger partial charge in [-0.1, -0.05) is 23.2 Å². The monoisotopic (exact) mass is 376 g/mol. The van der Waals surface area contributed by atoms with Crippen LogP contribution in [0.1, 0.15) is 37.7 Å². The lowest BCUT2D eigenvalue weighted by Gasteiger charge is -2.34. The summed E-state index contributed by atoms with van der Waals surface area (Å²) < 4.78 is 0. The zero-order valence-corrected chi connectivity index (χ0v) is 15.5. The minimum atomic E-state index is 0. The minimum absolute atomic E-state index is 0. The molecule has 128 valence electrons. The lowest BCUT2D eigenvalue weighted by Crippen LogP contribution is -2.43. The molecular weight excluding hydrogens is 355 g/mol. The third-order valence-corrected chi connectivity index (χ3v) is 5.45. The van der Waals surface area contributed by atoms with E-state index in [1.165, 1.54) is 0 Å². The Balaban J connectivity index is 0.00000192. The molecule has 1 aromatic carbocycles. The van der Waals surface area contributed by atoms with Crippen molar-refractivity contribution in [3.63, 3.8) is 0 Å². The second-order valence-corrected chi connectivity index (χ2v) is 7.55. The van der Waals surface area contributed by atoms with Gasteiger partial charge in [-0.2, -0.15) is 0 Å². The second kappa shape index (κ2) is 7.60. The van der Waals surface area contributed by atoms with Crippen LogP contribution in [-0.2, 0) is 4.79 Å². The Kier molecular flexibility index (Phi) is 6.23. The van der Waals surface area contributed by atoms with Crippen LogP contribution in [-0.4, -0.2) is 29.9 Å². The summed E-state index contributed by atoms with van der Waals surface area (Å²) >= 11 is 12.1. The van der Waals surface area contributed by atoms with Gasteiger partial charge < -0.3 is 10.6 Å². The molecule has 3 nitrogen and oxygen atoms in total. The SMILES string of the molecule is CC(N)C1CCN(C(=O)C2CC2c2cc(Cl)cc(Cl)c2)CC1.Cl. The molecule has 1 saturated heterocycles. The van der Waals surface area contributed by atoms with Crippen molar-refractivity contribution in [2.45, 2.75) is 38.1 Å². The zero-order valence-electron chi connectivity index (χ0n) is 13.2. The van der Waals surface area contributed by atoms with Gasteiger partial charge in [-0.15, -0.1) is 12.4 Å². The van der Waals surface area contributed by atoms with E-state index in [4.69, 9.17) is 28.9 Å². The molecular formula is C17H23Cl3N2O. The molecule has 0 radical (unpaired) electrons. The van der Waals surface area contributed by atoms with Crippen molar-refractivity contribution in [1.29, 1.82) is 0 Å². The van der Waals surface area contributed by atoms with Crippen LogP contribution in [0.25, 0.3) is 0 Å². The maximum Gasteiger partial charge on any atom is 0.226 e. The lowest BCUT2D eigenvalue weighted by molar-refractivity contribution is -0.134. The summed E-state index contributed by atoms with van der Waals surface area (Å²) in [5, 5.41) is 1.27. The first kappa shape index (κ1) is 18.9. The number of amides is 1. The smallest absolute Gasteiger partial charge is 0.226 e. The highest BCUT2D eigenvalue weighted by Gasteiger charge is 2.46. The van der Waals surface area contributed by atoms with E-state index in [0.717, 1.165) is 37.9 Å². The Morgan fingerprint density at radius 2 is 1.78 bits per heavy atom. The molecule has 0 aromatic heterocycles. The summed E-state index contributed by atoms with van der Waals surface area (Å²) in [6.07, 6.45) is 2.94. The summed E-state index contributed by atoms with van der Waals surface area (Å²) in [6.45, 7) is 3.73. The third kappa shape index (κ3) is 4.33. The summed E-state index contributed by atoms with van der Waals surface area (Å²) in [5.41, 5.74) is 7.04. The maximum absolute atomic E-state index is 12.6. The second-order valence-electron chi connectivity index (χ2n) is 6.67. The molecule has 6 heteroatoms. The van der Waals surface area contributed by atoms with E-state index >= 15 is 0 Å². The Morgan fingerprint density at radius 3 is 2.30 bits per heavy atom. The molecule has 1 aromatic rings. The zero-order chi connectivity index (χ0) is 15.9. The Morgan fingerprint density at radius 1 is 1.22 bits per heavy atom. The Labute approximate surface area is 153 Å². The van der Waals surface area contributed by atoms with Crippen LogP contribution in [0.15, 0.2) is 18.2 Å². The van der Waals surface area contributed by atoms with E-state index in [-0.39, 0.29) is 36.2 Å². The number of hydrogen-bond donors (Lipinski definition) is 1. The Bertz CT molecular complexity index is 551. The lowest BCUT2D eigenvalue weighted by atomic mass is 9.91. The number of carbonyl (C=O) groups is 1. The molecule has 2 N–H and O–H groups in total. The molecule has 0 spiro atoms. The first-order valence-corrected chi connectivity index (χ1v) is 8.71. The van der Waals surface area contributed by atoms with Crippen molar-refractivity contribution in [2.24, 2.45) is 17.6 Å². The van der Waals surface area contributed by atoms with Gasteiger partial charge in [0.2, 0.25) is 5.91 Å². The van der Waals surface area contributed by atoms with Gasteiger partial charge in [0.1, 0.15) is 0 Å². The summed E-state index contributed by atoms with van der Waals surface area (Å²) in [6, 6.07) is 5.80. The minimum Gasteiger partial charge on any atom is -0.342 e. The fourth-order valence-corrected chi connectivity index (χ4v) is 4.05. The quantitative estimate of drug-likeness (QED) is 0.862. The highest BCUT2D eigenvalue weighted by atomic mass is 35.5. The number of carbonyl (C=O) groups excluding carboxylic acids is 1. The van der Waals surface area contributed by atoms with E-state index in [1.54, 1.807) is 6.07 Å². The maximum atomic E-state index is 12.6. The largest absolute Gasteiger partial charge is 0.342 e. The number of rotatable bonds is 3. The highest BCUT2D eigenvalue weighted by Crippen LogP contribution is 2.49. The van der Waals surface area contributed by atoms with E-state index in [1.807, 2.05) is 17.0 Å². The molecule has 3 atom stereocenters. The first-order valence-electron chi connectivity index (χ1n) is 7.96. The predicted octanol–water partition coefficient (Wildman–Crippen LogP) is 4.10. The molecule has 3 rings (SSSR count). The number of likely N-dealkylation sites (tertiary alicyclic amines) is 1. The summed E-state index contributed by atoms with van der Waals surface area (Å²) in [7, 11) is 0. The van der Waals surface area contributed by atoms with Crippen molar-refractivity contribution >= 4 is 41.5 Å². The van der Waals surface area contributed by atoms with E-state index < -0.39 is 0 Å². The average molecular weight is 378 g/mol. The van der Waals surface area contributed by atoms with Crippen LogP contribution in [0.2, 0.25) is 10.0 Å². The molecule has 23 heavy (non-hydrogen) atoms.